The predicted molar refractivity (Wildman–Crippen MR) is 134 cm³/mol. The number of amides is 1. The average molecular weight is 500 g/mol. The van der Waals surface area contributed by atoms with Crippen LogP contribution in [0.25, 0.3) is 0 Å². The number of carbonyl (C=O) groups is 3. The minimum absolute atomic E-state index is 0.140. The minimum atomic E-state index is -1.82. The third-order valence-corrected chi connectivity index (χ3v) is 6.95. The van der Waals surface area contributed by atoms with Crippen molar-refractivity contribution in [3.8, 4) is 0 Å². The van der Waals surface area contributed by atoms with Crippen LogP contribution in [0.1, 0.15) is 29.5 Å². The molecule has 2 heterocycles. The molecule has 194 valence electrons. The number of piperazine rings is 1. The van der Waals surface area contributed by atoms with E-state index in [1.54, 1.807) is 0 Å². The van der Waals surface area contributed by atoms with E-state index in [9.17, 15) is 9.18 Å². The second-order valence-electron chi connectivity index (χ2n) is 9.32. The van der Waals surface area contributed by atoms with Crippen LogP contribution in [0, 0.1) is 25.6 Å². The van der Waals surface area contributed by atoms with Crippen molar-refractivity contribution in [3.63, 3.8) is 0 Å². The molecule has 0 saturated carbocycles. The van der Waals surface area contributed by atoms with Crippen LogP contribution in [0.3, 0.4) is 0 Å². The molecule has 0 unspecified atom stereocenters. The normalized spacial score (nSPS) is 16.8. The summed E-state index contributed by atoms with van der Waals surface area (Å²) in [7, 11) is 0. The van der Waals surface area contributed by atoms with Crippen LogP contribution in [0.2, 0.25) is 0 Å². The smallest absolute Gasteiger partial charge is 0.414 e. The summed E-state index contributed by atoms with van der Waals surface area (Å²) in [6, 6.07) is 13.2. The quantitative estimate of drug-likeness (QED) is 0.623. The van der Waals surface area contributed by atoms with Gasteiger partial charge in [-0.05, 0) is 74.7 Å². The Morgan fingerprint density at radius 3 is 2.00 bits per heavy atom. The van der Waals surface area contributed by atoms with Crippen LogP contribution < -0.4 is 4.90 Å². The van der Waals surface area contributed by atoms with Gasteiger partial charge in [0.1, 0.15) is 5.82 Å². The first-order chi connectivity index (χ1) is 17.2. The lowest BCUT2D eigenvalue weighted by atomic mass is 9.94. The largest absolute Gasteiger partial charge is 0.473 e. The number of carboxylic acid groups (broad SMARTS) is 2. The van der Waals surface area contributed by atoms with E-state index in [0.717, 1.165) is 64.2 Å². The summed E-state index contributed by atoms with van der Waals surface area (Å²) < 4.78 is 13.1. The average Bonchev–Trinajstić information content (AvgIpc) is 2.87. The first-order valence-corrected chi connectivity index (χ1v) is 12.2. The van der Waals surface area contributed by atoms with Gasteiger partial charge in [0.15, 0.2) is 0 Å². The SMILES string of the molecule is Cc1cccc(N2CCN(C(=O)C3CCN(Cc4ccc(F)cc4)CC3)CC2)c1C.O=C(O)C(=O)O. The van der Waals surface area contributed by atoms with Crippen LogP contribution in [-0.4, -0.2) is 77.1 Å². The van der Waals surface area contributed by atoms with Crippen molar-refractivity contribution in [2.24, 2.45) is 5.92 Å². The van der Waals surface area contributed by atoms with Gasteiger partial charge in [-0.2, -0.15) is 0 Å². The Balaban J connectivity index is 0.000000538. The maximum absolute atomic E-state index is 13.1. The molecule has 2 aliphatic rings. The fourth-order valence-electron chi connectivity index (χ4n) is 4.69. The lowest BCUT2D eigenvalue weighted by Gasteiger charge is -2.40. The molecule has 2 aliphatic heterocycles. The van der Waals surface area contributed by atoms with E-state index in [1.807, 2.05) is 12.1 Å². The van der Waals surface area contributed by atoms with Gasteiger partial charge in [0.25, 0.3) is 0 Å². The molecule has 0 spiro atoms. The van der Waals surface area contributed by atoms with Gasteiger partial charge in [-0.25, -0.2) is 14.0 Å². The number of piperidine rings is 1. The molecule has 36 heavy (non-hydrogen) atoms. The fraction of sp³-hybridized carbons (Fsp3) is 0.444. The van der Waals surface area contributed by atoms with Gasteiger partial charge >= 0.3 is 11.9 Å². The second kappa shape index (κ2) is 12.5. The van der Waals surface area contributed by atoms with Gasteiger partial charge < -0.3 is 20.0 Å². The van der Waals surface area contributed by atoms with E-state index < -0.39 is 11.9 Å². The van der Waals surface area contributed by atoms with Crippen LogP contribution in [0.5, 0.6) is 0 Å². The lowest BCUT2D eigenvalue weighted by molar-refractivity contribution is -0.159. The molecular formula is C27H34FN3O5. The Hall–Kier alpha value is -3.46. The van der Waals surface area contributed by atoms with Crippen LogP contribution in [-0.2, 0) is 20.9 Å². The van der Waals surface area contributed by atoms with Crippen molar-refractivity contribution in [3.05, 3.63) is 65.0 Å². The summed E-state index contributed by atoms with van der Waals surface area (Å²) in [5.74, 6) is -3.37. The number of benzene rings is 2. The zero-order valence-corrected chi connectivity index (χ0v) is 20.8. The predicted octanol–water partition coefficient (Wildman–Crippen LogP) is 3.16. The molecule has 2 aromatic carbocycles. The molecular weight excluding hydrogens is 465 g/mol. The summed E-state index contributed by atoms with van der Waals surface area (Å²) in [4.78, 5) is 38.1. The minimum Gasteiger partial charge on any atom is -0.473 e. The highest BCUT2D eigenvalue weighted by atomic mass is 19.1. The first kappa shape index (κ1) is 27.1. The van der Waals surface area contributed by atoms with Gasteiger partial charge in [0.2, 0.25) is 5.91 Å². The molecule has 4 rings (SSSR count). The lowest BCUT2D eigenvalue weighted by Crippen LogP contribution is -2.51. The Bertz CT molecular complexity index is 1050. The number of anilines is 1. The molecule has 0 bridgehead atoms. The number of carboxylic acids is 2. The van der Waals surface area contributed by atoms with Gasteiger partial charge in [-0.1, -0.05) is 24.3 Å². The van der Waals surface area contributed by atoms with E-state index in [4.69, 9.17) is 19.8 Å². The maximum atomic E-state index is 13.1. The topological polar surface area (TPSA) is 101 Å². The molecule has 0 aromatic heterocycles. The van der Waals surface area contributed by atoms with Crippen molar-refractivity contribution >= 4 is 23.5 Å². The third-order valence-electron chi connectivity index (χ3n) is 6.95. The van der Waals surface area contributed by atoms with Crippen molar-refractivity contribution in [1.82, 2.24) is 9.80 Å². The standard InChI is InChI=1S/C25H32FN3O.C2H2O4/c1-19-4-3-5-24(20(19)2)28-14-16-29(17-15-28)25(30)22-10-12-27(13-11-22)18-21-6-8-23(26)9-7-21;3-1(4)2(5)6/h3-9,22H,10-18H2,1-2H3;(H,3,4)(H,5,6). The molecule has 0 atom stereocenters. The monoisotopic (exact) mass is 499 g/mol. The summed E-state index contributed by atoms with van der Waals surface area (Å²) in [6.45, 7) is 10.4. The van der Waals surface area contributed by atoms with Crippen molar-refractivity contribution in [2.75, 3.05) is 44.2 Å². The number of aryl methyl sites for hydroxylation is 1. The third kappa shape index (κ3) is 7.27. The van der Waals surface area contributed by atoms with E-state index in [2.05, 4.69) is 46.7 Å². The number of aliphatic carboxylic acids is 2. The van der Waals surface area contributed by atoms with E-state index in [0.29, 0.717) is 5.91 Å². The van der Waals surface area contributed by atoms with Gasteiger partial charge in [0.05, 0.1) is 0 Å². The van der Waals surface area contributed by atoms with Crippen LogP contribution in [0.15, 0.2) is 42.5 Å². The number of nitrogens with zero attached hydrogens (tertiary/aromatic N) is 3. The van der Waals surface area contributed by atoms with Crippen molar-refractivity contribution in [1.29, 1.82) is 0 Å². The fourth-order valence-corrected chi connectivity index (χ4v) is 4.69. The second-order valence-corrected chi connectivity index (χ2v) is 9.32. The summed E-state index contributed by atoms with van der Waals surface area (Å²) in [5.41, 5.74) is 5.09. The summed E-state index contributed by atoms with van der Waals surface area (Å²) >= 11 is 0. The molecule has 2 fully saturated rings. The van der Waals surface area contributed by atoms with E-state index >= 15 is 0 Å². The van der Waals surface area contributed by atoms with Crippen molar-refractivity contribution < 1.29 is 29.0 Å². The molecule has 2 N–H and O–H groups in total. The van der Waals surface area contributed by atoms with Crippen LogP contribution >= 0.6 is 0 Å². The number of rotatable bonds is 4. The Morgan fingerprint density at radius 2 is 1.44 bits per heavy atom. The zero-order chi connectivity index (χ0) is 26.2. The highest BCUT2D eigenvalue weighted by Crippen LogP contribution is 2.26. The number of carbonyl (C=O) groups excluding carboxylic acids is 1. The van der Waals surface area contributed by atoms with Crippen LogP contribution in [0.4, 0.5) is 10.1 Å². The zero-order valence-electron chi connectivity index (χ0n) is 20.8. The van der Waals surface area contributed by atoms with Gasteiger partial charge in [-0.15, -0.1) is 0 Å². The Morgan fingerprint density at radius 1 is 0.861 bits per heavy atom. The van der Waals surface area contributed by atoms with Gasteiger partial charge in [-0.3, -0.25) is 9.69 Å². The van der Waals surface area contributed by atoms with E-state index in [-0.39, 0.29) is 11.7 Å². The number of hydrogen-bond acceptors (Lipinski definition) is 5. The Kier molecular flexibility index (Phi) is 9.41. The Labute approximate surface area is 210 Å². The molecule has 8 nitrogen and oxygen atoms in total. The molecule has 9 heteroatoms. The first-order valence-electron chi connectivity index (χ1n) is 12.2. The molecule has 1 amide bonds. The summed E-state index contributed by atoms with van der Waals surface area (Å²) in [5, 5.41) is 14.8. The van der Waals surface area contributed by atoms with Gasteiger partial charge in [0, 0.05) is 44.3 Å². The van der Waals surface area contributed by atoms with E-state index in [1.165, 1.54) is 28.9 Å². The molecule has 0 aliphatic carbocycles. The molecule has 2 saturated heterocycles. The number of likely N-dealkylation sites (tertiary alicyclic amines) is 1. The number of halogens is 1. The summed E-state index contributed by atoms with van der Waals surface area (Å²) in [6.07, 6.45) is 1.83. The molecule has 0 radical (unpaired) electrons. The number of hydrogen-bond donors (Lipinski definition) is 2. The maximum Gasteiger partial charge on any atom is 0.414 e. The highest BCUT2D eigenvalue weighted by molar-refractivity contribution is 6.27. The highest BCUT2D eigenvalue weighted by Gasteiger charge is 2.30. The molecule has 2 aromatic rings. The van der Waals surface area contributed by atoms with Crippen molar-refractivity contribution in [2.45, 2.75) is 33.2 Å².